The highest BCUT2D eigenvalue weighted by atomic mass is 16.5. The Morgan fingerprint density at radius 2 is 1.94 bits per heavy atom. The van der Waals surface area contributed by atoms with E-state index in [0.29, 0.717) is 11.8 Å². The van der Waals surface area contributed by atoms with Gasteiger partial charge in [-0.3, -0.25) is 14.4 Å². The van der Waals surface area contributed by atoms with Crippen LogP contribution in [0, 0.1) is 11.8 Å². The number of benzene rings is 1. The average molecular weight is 450 g/mol. The van der Waals surface area contributed by atoms with Gasteiger partial charge >= 0.3 is 0 Å². The van der Waals surface area contributed by atoms with Gasteiger partial charge in [0.05, 0.1) is 18.7 Å². The third-order valence-electron chi connectivity index (χ3n) is 6.95. The highest BCUT2D eigenvalue weighted by molar-refractivity contribution is 5.76. The van der Waals surface area contributed by atoms with Gasteiger partial charge < -0.3 is 14.2 Å². The second-order valence-electron chi connectivity index (χ2n) is 9.42. The maximum atomic E-state index is 12.1. The number of likely N-dealkylation sites (N-methyl/N-ethyl adjacent to an activating group) is 1. The van der Waals surface area contributed by atoms with Crippen LogP contribution in [0.15, 0.2) is 59.4 Å². The minimum absolute atomic E-state index is 0.0103. The normalized spacial score (nSPS) is 25.2. The van der Waals surface area contributed by atoms with Crippen LogP contribution in [0.1, 0.15) is 24.6 Å². The molecule has 1 aromatic carbocycles. The van der Waals surface area contributed by atoms with E-state index in [1.807, 2.05) is 59.5 Å². The highest BCUT2D eigenvalue weighted by Crippen LogP contribution is 2.42. The van der Waals surface area contributed by atoms with Crippen molar-refractivity contribution in [2.24, 2.45) is 11.8 Å². The molecule has 1 aliphatic heterocycles. The van der Waals surface area contributed by atoms with E-state index < -0.39 is 0 Å². The Labute approximate surface area is 194 Å². The lowest BCUT2D eigenvalue weighted by Crippen LogP contribution is -2.40. The summed E-state index contributed by atoms with van der Waals surface area (Å²) in [5.74, 6) is 1.98. The summed E-state index contributed by atoms with van der Waals surface area (Å²) < 4.78 is 13.8. The van der Waals surface area contributed by atoms with Crippen LogP contribution in [0.2, 0.25) is 0 Å². The molecule has 0 unspecified atom stereocenters. The molecule has 2 aromatic heterocycles. The molecule has 3 heterocycles. The minimum Gasteiger partial charge on any atom is -0.366 e. The molecular weight excluding hydrogens is 418 g/mol. The first-order chi connectivity index (χ1) is 16.1. The van der Waals surface area contributed by atoms with Crippen molar-refractivity contribution >= 4 is 5.91 Å². The van der Waals surface area contributed by atoms with E-state index in [4.69, 9.17) is 9.26 Å². The zero-order chi connectivity index (χ0) is 22.8. The minimum atomic E-state index is -0.0232. The van der Waals surface area contributed by atoms with E-state index in [0.717, 1.165) is 49.5 Å². The SMILES string of the molecule is CN(C)C(=O)CO[C@H]1C[C@@H]2CN(Cc3cc(-c4ccccc4)no3)C[C@@H]2C[C@@H]1n1cccn1. The van der Waals surface area contributed by atoms with Crippen LogP contribution in [0.3, 0.4) is 0 Å². The Bertz CT molecular complexity index is 1050. The second kappa shape index (κ2) is 9.49. The van der Waals surface area contributed by atoms with Crippen molar-refractivity contribution in [2.75, 3.05) is 33.8 Å². The van der Waals surface area contributed by atoms with Crippen molar-refractivity contribution in [1.29, 1.82) is 0 Å². The van der Waals surface area contributed by atoms with Crippen LogP contribution in [0.4, 0.5) is 0 Å². The molecule has 0 radical (unpaired) electrons. The van der Waals surface area contributed by atoms with E-state index in [1.165, 1.54) is 0 Å². The number of nitrogens with zero attached hydrogens (tertiary/aromatic N) is 5. The summed E-state index contributed by atoms with van der Waals surface area (Å²) >= 11 is 0. The smallest absolute Gasteiger partial charge is 0.248 e. The van der Waals surface area contributed by atoms with Gasteiger partial charge in [0.2, 0.25) is 5.91 Å². The van der Waals surface area contributed by atoms with Gasteiger partial charge in [0.25, 0.3) is 0 Å². The lowest BCUT2D eigenvalue weighted by atomic mass is 9.77. The van der Waals surface area contributed by atoms with E-state index in [2.05, 4.69) is 15.2 Å². The molecule has 2 fully saturated rings. The molecule has 0 bridgehead atoms. The lowest BCUT2D eigenvalue weighted by molar-refractivity contribution is -0.138. The zero-order valence-electron chi connectivity index (χ0n) is 19.2. The standard InChI is InChI=1S/C25H31N5O3/c1-28(2)25(31)17-32-24-12-20-15-29(14-19(20)11-23(24)30-10-6-9-26-30)16-21-13-22(27-33-21)18-7-4-3-5-8-18/h3-10,13,19-20,23-24H,11-12,14-17H2,1-2H3/t19-,20+,23-,24-/m0/s1. The van der Waals surface area contributed by atoms with Gasteiger partial charge in [-0.25, -0.2) is 0 Å². The van der Waals surface area contributed by atoms with E-state index >= 15 is 0 Å². The van der Waals surface area contributed by atoms with Crippen LogP contribution in [-0.2, 0) is 16.1 Å². The van der Waals surface area contributed by atoms with Crippen molar-refractivity contribution in [3.63, 3.8) is 0 Å². The van der Waals surface area contributed by atoms with Crippen molar-refractivity contribution < 1.29 is 14.1 Å². The van der Waals surface area contributed by atoms with Crippen molar-refractivity contribution in [2.45, 2.75) is 31.5 Å². The molecule has 4 atom stereocenters. The average Bonchev–Trinajstić information content (AvgIpc) is 3.58. The summed E-state index contributed by atoms with van der Waals surface area (Å²) in [5.41, 5.74) is 1.94. The molecule has 0 spiro atoms. The first-order valence-electron chi connectivity index (χ1n) is 11.6. The molecule has 8 nitrogen and oxygen atoms in total. The molecular formula is C25H31N5O3. The lowest BCUT2D eigenvalue weighted by Gasteiger charge is -2.38. The molecule has 1 saturated heterocycles. The molecule has 1 aliphatic carbocycles. The molecule has 3 aromatic rings. The summed E-state index contributed by atoms with van der Waals surface area (Å²) in [5, 5.41) is 8.75. The van der Waals surface area contributed by atoms with Crippen LogP contribution < -0.4 is 0 Å². The molecule has 0 N–H and O–H groups in total. The fourth-order valence-corrected chi connectivity index (χ4v) is 5.21. The highest BCUT2D eigenvalue weighted by Gasteiger charge is 2.44. The summed E-state index contributed by atoms with van der Waals surface area (Å²) in [6.45, 7) is 2.88. The van der Waals surface area contributed by atoms with Crippen LogP contribution in [-0.4, -0.2) is 70.5 Å². The Kier molecular flexibility index (Phi) is 6.28. The molecule has 33 heavy (non-hydrogen) atoms. The third kappa shape index (κ3) is 4.86. The second-order valence-corrected chi connectivity index (χ2v) is 9.42. The maximum absolute atomic E-state index is 12.1. The number of carbonyl (C=O) groups excluding carboxylic acids is 1. The van der Waals surface area contributed by atoms with Gasteiger partial charge in [-0.05, 0) is 30.7 Å². The van der Waals surface area contributed by atoms with Crippen molar-refractivity contribution in [3.8, 4) is 11.3 Å². The summed E-state index contributed by atoms with van der Waals surface area (Å²) in [4.78, 5) is 16.2. The Morgan fingerprint density at radius 3 is 2.67 bits per heavy atom. The number of carbonyl (C=O) groups is 1. The van der Waals surface area contributed by atoms with E-state index in [1.54, 1.807) is 19.0 Å². The number of hydrogen-bond acceptors (Lipinski definition) is 6. The summed E-state index contributed by atoms with van der Waals surface area (Å²) in [6, 6.07) is 14.2. The number of ether oxygens (including phenoxy) is 1. The van der Waals surface area contributed by atoms with Crippen LogP contribution >= 0.6 is 0 Å². The number of amides is 1. The fourth-order valence-electron chi connectivity index (χ4n) is 5.21. The van der Waals surface area contributed by atoms with Gasteiger partial charge in [0.1, 0.15) is 12.3 Å². The molecule has 1 amide bonds. The van der Waals surface area contributed by atoms with E-state index in [9.17, 15) is 4.79 Å². The van der Waals surface area contributed by atoms with Crippen LogP contribution in [0.5, 0.6) is 0 Å². The van der Waals surface area contributed by atoms with Gasteiger partial charge in [-0.2, -0.15) is 5.10 Å². The van der Waals surface area contributed by atoms with Crippen LogP contribution in [0.25, 0.3) is 11.3 Å². The van der Waals surface area contributed by atoms with Gasteiger partial charge in [0, 0.05) is 51.2 Å². The summed E-state index contributed by atoms with van der Waals surface area (Å²) in [7, 11) is 3.52. The Balaban J connectivity index is 1.24. The monoisotopic (exact) mass is 449 g/mol. The quantitative estimate of drug-likeness (QED) is 0.552. The van der Waals surface area contributed by atoms with E-state index in [-0.39, 0.29) is 24.7 Å². The summed E-state index contributed by atoms with van der Waals surface area (Å²) in [6.07, 6.45) is 5.71. The number of fused-ring (bicyclic) bond motifs is 1. The topological polar surface area (TPSA) is 76.6 Å². The van der Waals surface area contributed by atoms with Gasteiger partial charge in [-0.1, -0.05) is 35.5 Å². The predicted octanol–water partition coefficient (Wildman–Crippen LogP) is 3.09. The van der Waals surface area contributed by atoms with Crippen molar-refractivity contribution in [3.05, 3.63) is 60.6 Å². The largest absolute Gasteiger partial charge is 0.366 e. The Morgan fingerprint density at radius 1 is 1.15 bits per heavy atom. The maximum Gasteiger partial charge on any atom is 0.248 e. The first-order valence-corrected chi connectivity index (χ1v) is 11.6. The molecule has 174 valence electrons. The number of aromatic nitrogens is 3. The third-order valence-corrected chi connectivity index (χ3v) is 6.95. The molecule has 8 heteroatoms. The van der Waals surface area contributed by atoms with Crippen molar-refractivity contribution in [1.82, 2.24) is 24.7 Å². The molecule has 1 saturated carbocycles. The number of likely N-dealkylation sites (tertiary alicyclic amines) is 1. The predicted molar refractivity (Wildman–Crippen MR) is 123 cm³/mol. The van der Waals surface area contributed by atoms with Gasteiger partial charge in [-0.15, -0.1) is 0 Å². The first kappa shape index (κ1) is 21.9. The zero-order valence-corrected chi connectivity index (χ0v) is 19.2. The number of rotatable bonds is 7. The fraction of sp³-hybridized carbons (Fsp3) is 0.480. The Hall–Kier alpha value is -2.97. The molecule has 2 aliphatic rings. The molecule has 5 rings (SSSR count). The van der Waals surface area contributed by atoms with Gasteiger partial charge in [0.15, 0.2) is 5.76 Å². The number of hydrogen-bond donors (Lipinski definition) is 0.